The van der Waals surface area contributed by atoms with Crippen molar-refractivity contribution in [1.82, 2.24) is 0 Å². The normalized spacial score (nSPS) is 19.6. The van der Waals surface area contributed by atoms with E-state index in [1.165, 1.54) is 6.42 Å². The van der Waals surface area contributed by atoms with Gasteiger partial charge in [-0.25, -0.2) is 0 Å². The van der Waals surface area contributed by atoms with Crippen LogP contribution in [-0.4, -0.2) is 39.4 Å². The number of nitrogens with zero attached hydrogens (tertiary/aromatic N) is 1. The lowest BCUT2D eigenvalue weighted by Crippen LogP contribution is -2.38. The number of methoxy groups -OCH3 is 1. The van der Waals surface area contributed by atoms with Crippen molar-refractivity contribution in [2.75, 3.05) is 38.8 Å². The molecule has 0 saturated heterocycles. The van der Waals surface area contributed by atoms with E-state index in [-0.39, 0.29) is 5.41 Å². The number of hydrogen-bond donors (Lipinski definition) is 2. The Balaban J connectivity index is 1.62. The predicted octanol–water partition coefficient (Wildman–Crippen LogP) is 2.39. The Morgan fingerprint density at radius 1 is 1.26 bits per heavy atom. The van der Waals surface area contributed by atoms with Gasteiger partial charge in [0.2, 0.25) is 0 Å². The minimum atomic E-state index is 0.172. The summed E-state index contributed by atoms with van der Waals surface area (Å²) in [7, 11) is 1.74. The van der Waals surface area contributed by atoms with Crippen LogP contribution in [0.25, 0.3) is 0 Å². The third-order valence-corrected chi connectivity index (χ3v) is 4.47. The fourth-order valence-corrected chi connectivity index (χ4v) is 3.01. The van der Waals surface area contributed by atoms with E-state index in [0.29, 0.717) is 25.7 Å². The molecule has 3 rings (SSSR count). The van der Waals surface area contributed by atoms with Crippen LogP contribution in [0.5, 0.6) is 11.5 Å². The summed E-state index contributed by atoms with van der Waals surface area (Å²) in [6.07, 6.45) is 4.44. The van der Waals surface area contributed by atoms with Crippen LogP contribution in [0.3, 0.4) is 0 Å². The lowest BCUT2D eigenvalue weighted by atomic mass is 9.69. The molecule has 0 atom stereocenters. The Hall–Kier alpha value is -1.95. The van der Waals surface area contributed by atoms with E-state index in [0.717, 1.165) is 43.1 Å². The topological polar surface area (TPSA) is 78.1 Å². The molecule has 0 amide bonds. The second-order valence-corrected chi connectivity index (χ2v) is 6.33. The van der Waals surface area contributed by atoms with Gasteiger partial charge in [-0.05, 0) is 25.0 Å². The molecule has 1 aliphatic heterocycles. The van der Waals surface area contributed by atoms with Crippen LogP contribution in [0.4, 0.5) is 5.69 Å². The number of anilines is 1. The first-order chi connectivity index (χ1) is 11.2. The molecule has 126 valence electrons. The van der Waals surface area contributed by atoms with Crippen LogP contribution in [0.2, 0.25) is 0 Å². The van der Waals surface area contributed by atoms with Crippen LogP contribution in [-0.2, 0) is 4.74 Å². The van der Waals surface area contributed by atoms with Crippen molar-refractivity contribution in [2.45, 2.75) is 25.7 Å². The van der Waals surface area contributed by atoms with Crippen molar-refractivity contribution in [2.24, 2.45) is 16.1 Å². The summed E-state index contributed by atoms with van der Waals surface area (Å²) in [5, 5.41) is 3.13. The van der Waals surface area contributed by atoms with Gasteiger partial charge >= 0.3 is 0 Å². The zero-order chi connectivity index (χ0) is 16.1. The fraction of sp³-hybridized carbons (Fsp3) is 0.588. The molecule has 1 fully saturated rings. The molecule has 2 aliphatic rings. The maximum atomic E-state index is 6.02. The Morgan fingerprint density at radius 2 is 2.04 bits per heavy atom. The van der Waals surface area contributed by atoms with Crippen LogP contribution >= 0.6 is 0 Å². The Bertz CT molecular complexity index is 570. The first-order valence-corrected chi connectivity index (χ1v) is 8.16. The molecular formula is C17H25N3O3. The number of fused-ring (bicyclic) bond motifs is 1. The van der Waals surface area contributed by atoms with Crippen molar-refractivity contribution >= 4 is 11.6 Å². The quantitative estimate of drug-likeness (QED) is 0.643. The lowest BCUT2D eigenvalue weighted by molar-refractivity contribution is 0.0253. The van der Waals surface area contributed by atoms with Gasteiger partial charge < -0.3 is 25.3 Å². The highest BCUT2D eigenvalue weighted by Crippen LogP contribution is 2.41. The van der Waals surface area contributed by atoms with E-state index in [4.69, 9.17) is 19.9 Å². The van der Waals surface area contributed by atoms with E-state index in [1.54, 1.807) is 7.11 Å². The van der Waals surface area contributed by atoms with Crippen LogP contribution in [0.1, 0.15) is 25.7 Å². The molecular weight excluding hydrogens is 294 g/mol. The number of nitrogens with two attached hydrogens (primary N) is 1. The molecule has 0 unspecified atom stereocenters. The Kier molecular flexibility index (Phi) is 4.91. The van der Waals surface area contributed by atoms with Crippen molar-refractivity contribution in [3.05, 3.63) is 18.2 Å². The number of ether oxygens (including phenoxy) is 3. The van der Waals surface area contributed by atoms with Gasteiger partial charge in [-0.1, -0.05) is 6.42 Å². The molecule has 1 aliphatic carbocycles. The van der Waals surface area contributed by atoms with E-state index < -0.39 is 0 Å². The zero-order valence-corrected chi connectivity index (χ0v) is 13.6. The van der Waals surface area contributed by atoms with Gasteiger partial charge in [0.25, 0.3) is 0 Å². The summed E-state index contributed by atoms with van der Waals surface area (Å²) in [6, 6.07) is 5.72. The Labute approximate surface area is 137 Å². The second kappa shape index (κ2) is 7.08. The van der Waals surface area contributed by atoms with E-state index in [2.05, 4.69) is 10.3 Å². The van der Waals surface area contributed by atoms with E-state index in [9.17, 15) is 0 Å². The van der Waals surface area contributed by atoms with Gasteiger partial charge in [-0.15, -0.1) is 0 Å². The van der Waals surface area contributed by atoms with E-state index >= 15 is 0 Å². The highest BCUT2D eigenvalue weighted by Gasteiger charge is 2.36. The first-order valence-electron chi connectivity index (χ1n) is 8.16. The molecule has 6 heteroatoms. The zero-order valence-electron chi connectivity index (χ0n) is 13.6. The maximum Gasteiger partial charge on any atom is 0.193 e. The molecule has 23 heavy (non-hydrogen) atoms. The number of benzene rings is 1. The average molecular weight is 319 g/mol. The summed E-state index contributed by atoms with van der Waals surface area (Å²) in [4.78, 5) is 4.49. The molecule has 1 aromatic carbocycles. The SMILES string of the molecule is COCC1(CN=C(N)Nc2ccc3c(c2)OCCCO3)CCC1. The number of hydrogen-bond acceptors (Lipinski definition) is 4. The van der Waals surface area contributed by atoms with Crippen LogP contribution in [0, 0.1) is 5.41 Å². The molecule has 1 aromatic rings. The number of nitrogens with one attached hydrogen (secondary N) is 1. The fourth-order valence-electron chi connectivity index (χ4n) is 3.01. The molecule has 0 spiro atoms. The summed E-state index contributed by atoms with van der Waals surface area (Å²) < 4.78 is 16.6. The molecule has 1 saturated carbocycles. The first kappa shape index (κ1) is 15.9. The molecule has 0 bridgehead atoms. The van der Waals surface area contributed by atoms with Crippen molar-refractivity contribution < 1.29 is 14.2 Å². The third kappa shape index (κ3) is 3.88. The Morgan fingerprint density at radius 3 is 2.74 bits per heavy atom. The van der Waals surface area contributed by atoms with Gasteiger partial charge in [0.15, 0.2) is 17.5 Å². The minimum Gasteiger partial charge on any atom is -0.490 e. The van der Waals surface area contributed by atoms with Gasteiger partial charge in [0.1, 0.15) is 0 Å². The summed E-state index contributed by atoms with van der Waals surface area (Å²) in [5.74, 6) is 1.94. The number of guanidine groups is 1. The van der Waals surface area contributed by atoms with Gasteiger partial charge in [0, 0.05) is 30.7 Å². The molecule has 3 N–H and O–H groups in total. The number of aliphatic imine (C=N–C) groups is 1. The standard InChI is InChI=1S/C17H25N3O3/c1-21-12-17(6-2-7-17)11-19-16(18)20-13-4-5-14-15(10-13)23-9-3-8-22-14/h4-5,10H,2-3,6-9,11-12H2,1H3,(H3,18,19,20). The predicted molar refractivity (Wildman–Crippen MR) is 90.3 cm³/mol. The summed E-state index contributed by atoms with van der Waals surface area (Å²) in [6.45, 7) is 2.79. The second-order valence-electron chi connectivity index (χ2n) is 6.33. The highest BCUT2D eigenvalue weighted by molar-refractivity contribution is 5.92. The van der Waals surface area contributed by atoms with Crippen molar-refractivity contribution in [1.29, 1.82) is 0 Å². The highest BCUT2D eigenvalue weighted by atomic mass is 16.5. The molecule has 0 radical (unpaired) electrons. The molecule has 6 nitrogen and oxygen atoms in total. The van der Waals surface area contributed by atoms with Crippen molar-refractivity contribution in [3.8, 4) is 11.5 Å². The van der Waals surface area contributed by atoms with Crippen LogP contribution < -0.4 is 20.5 Å². The third-order valence-electron chi connectivity index (χ3n) is 4.47. The summed E-state index contributed by atoms with van der Waals surface area (Å²) >= 11 is 0. The maximum absolute atomic E-state index is 6.02. The van der Waals surface area contributed by atoms with Gasteiger partial charge in [-0.2, -0.15) is 0 Å². The molecule has 0 aromatic heterocycles. The molecule has 1 heterocycles. The number of rotatable bonds is 5. The van der Waals surface area contributed by atoms with E-state index in [1.807, 2.05) is 18.2 Å². The van der Waals surface area contributed by atoms with Crippen molar-refractivity contribution in [3.63, 3.8) is 0 Å². The van der Waals surface area contributed by atoms with Gasteiger partial charge in [-0.3, -0.25) is 4.99 Å². The largest absolute Gasteiger partial charge is 0.490 e. The lowest BCUT2D eigenvalue weighted by Gasteiger charge is -2.40. The van der Waals surface area contributed by atoms with Gasteiger partial charge in [0.05, 0.1) is 26.4 Å². The minimum absolute atomic E-state index is 0.172. The van der Waals surface area contributed by atoms with Crippen LogP contribution in [0.15, 0.2) is 23.2 Å². The smallest absolute Gasteiger partial charge is 0.193 e. The average Bonchev–Trinajstić information content (AvgIpc) is 2.74. The monoisotopic (exact) mass is 319 g/mol. The summed E-state index contributed by atoms with van der Waals surface area (Å²) in [5.41, 5.74) is 7.04.